The molecule has 0 unspecified atom stereocenters. The van der Waals surface area contributed by atoms with Gasteiger partial charge in [0.15, 0.2) is 5.69 Å². The Morgan fingerprint density at radius 2 is 1.90 bits per heavy atom. The zero-order valence-electron chi connectivity index (χ0n) is 15.7. The first-order valence-electron chi connectivity index (χ1n) is 9.39. The van der Waals surface area contributed by atoms with Crippen molar-refractivity contribution in [2.24, 2.45) is 0 Å². The van der Waals surface area contributed by atoms with E-state index in [0.717, 1.165) is 19.3 Å². The number of halogens is 2. The highest BCUT2D eigenvalue weighted by molar-refractivity contribution is 5.88. The number of aromatic nitrogens is 5. The van der Waals surface area contributed by atoms with E-state index in [-0.39, 0.29) is 17.1 Å². The van der Waals surface area contributed by atoms with Gasteiger partial charge in [-0.1, -0.05) is 0 Å². The van der Waals surface area contributed by atoms with E-state index in [2.05, 4.69) is 30.5 Å². The van der Waals surface area contributed by atoms with Crippen LogP contribution < -0.4 is 5.32 Å². The third-order valence-corrected chi connectivity index (χ3v) is 5.49. The SMILES string of the molecule is N#Cc1n[nH]c2cc(F)c(-c3cnc(NC4(c5ncccc5F)CCC4)nc3)cc12. The molecule has 0 atom stereocenters. The zero-order chi connectivity index (χ0) is 20.7. The predicted octanol–water partition coefficient (Wildman–Crippen LogP) is 4.06. The quantitative estimate of drug-likeness (QED) is 0.533. The van der Waals surface area contributed by atoms with Gasteiger partial charge >= 0.3 is 0 Å². The average Bonchev–Trinajstić information content (AvgIpc) is 3.13. The van der Waals surface area contributed by atoms with Gasteiger partial charge in [-0.2, -0.15) is 10.4 Å². The number of hydrogen-bond acceptors (Lipinski definition) is 6. The van der Waals surface area contributed by atoms with Crippen LogP contribution in [-0.2, 0) is 5.54 Å². The van der Waals surface area contributed by atoms with Gasteiger partial charge in [-0.05, 0) is 37.5 Å². The minimum absolute atomic E-state index is 0.190. The van der Waals surface area contributed by atoms with Crippen molar-refractivity contribution in [3.63, 3.8) is 0 Å². The average molecular weight is 403 g/mol. The molecule has 4 aromatic rings. The topological polar surface area (TPSA) is 103 Å². The van der Waals surface area contributed by atoms with E-state index in [0.29, 0.717) is 28.1 Å². The lowest BCUT2D eigenvalue weighted by atomic mass is 9.74. The van der Waals surface area contributed by atoms with E-state index < -0.39 is 11.4 Å². The minimum Gasteiger partial charge on any atom is -0.343 e. The highest BCUT2D eigenvalue weighted by Crippen LogP contribution is 2.43. The van der Waals surface area contributed by atoms with Crippen molar-refractivity contribution in [1.29, 1.82) is 5.26 Å². The fraction of sp³-hybridized carbons (Fsp3) is 0.190. The maximum Gasteiger partial charge on any atom is 0.223 e. The summed E-state index contributed by atoms with van der Waals surface area (Å²) in [6.07, 6.45) is 6.93. The lowest BCUT2D eigenvalue weighted by Crippen LogP contribution is -2.44. The molecule has 3 heterocycles. The molecule has 148 valence electrons. The van der Waals surface area contributed by atoms with Crippen LogP contribution in [0.15, 0.2) is 42.9 Å². The van der Waals surface area contributed by atoms with Gasteiger partial charge in [-0.15, -0.1) is 0 Å². The van der Waals surface area contributed by atoms with Gasteiger partial charge in [-0.25, -0.2) is 18.7 Å². The molecule has 1 aromatic carbocycles. The summed E-state index contributed by atoms with van der Waals surface area (Å²) in [5.74, 6) is -0.540. The van der Waals surface area contributed by atoms with Crippen LogP contribution in [0.1, 0.15) is 30.7 Å². The Labute approximate surface area is 169 Å². The van der Waals surface area contributed by atoms with Crippen LogP contribution in [0.5, 0.6) is 0 Å². The van der Waals surface area contributed by atoms with Crippen molar-refractivity contribution in [2.45, 2.75) is 24.8 Å². The van der Waals surface area contributed by atoms with E-state index in [4.69, 9.17) is 5.26 Å². The Morgan fingerprint density at radius 1 is 1.10 bits per heavy atom. The number of H-pyrrole nitrogens is 1. The van der Waals surface area contributed by atoms with Crippen LogP contribution in [0.25, 0.3) is 22.0 Å². The first-order valence-corrected chi connectivity index (χ1v) is 9.39. The fourth-order valence-electron chi connectivity index (χ4n) is 3.78. The highest BCUT2D eigenvalue weighted by Gasteiger charge is 2.42. The molecule has 9 heteroatoms. The fourth-order valence-corrected chi connectivity index (χ4v) is 3.78. The van der Waals surface area contributed by atoms with Gasteiger partial charge in [0, 0.05) is 41.2 Å². The smallest absolute Gasteiger partial charge is 0.223 e. The van der Waals surface area contributed by atoms with Crippen molar-refractivity contribution in [3.05, 3.63) is 65.9 Å². The molecule has 0 amide bonds. The molecule has 0 radical (unpaired) electrons. The lowest BCUT2D eigenvalue weighted by molar-refractivity contribution is 0.264. The third kappa shape index (κ3) is 2.85. The van der Waals surface area contributed by atoms with Crippen molar-refractivity contribution >= 4 is 16.9 Å². The molecule has 5 rings (SSSR count). The standard InChI is InChI=1S/C21H15F2N7/c22-15-3-1-6-25-19(15)21(4-2-5-21)28-20-26-10-12(11-27-20)13-7-14-17(8-16(13)23)29-30-18(14)9-24/h1,3,6-8,10-11H,2,4-5H2,(H,29,30)(H,26,27,28). The molecule has 1 fully saturated rings. The predicted molar refractivity (Wildman–Crippen MR) is 105 cm³/mol. The summed E-state index contributed by atoms with van der Waals surface area (Å²) in [5.41, 5.74) is 1.06. The number of benzene rings is 1. The summed E-state index contributed by atoms with van der Waals surface area (Å²) in [7, 11) is 0. The number of anilines is 1. The van der Waals surface area contributed by atoms with Gasteiger partial charge in [0.1, 0.15) is 23.4 Å². The Hall–Kier alpha value is -3.93. The first kappa shape index (κ1) is 18.1. The molecule has 0 aliphatic heterocycles. The van der Waals surface area contributed by atoms with Gasteiger partial charge in [0.05, 0.1) is 11.1 Å². The molecule has 1 aliphatic rings. The number of nitriles is 1. The van der Waals surface area contributed by atoms with Gasteiger partial charge in [0.25, 0.3) is 0 Å². The number of hydrogen-bond donors (Lipinski definition) is 2. The van der Waals surface area contributed by atoms with Crippen molar-refractivity contribution in [3.8, 4) is 17.2 Å². The van der Waals surface area contributed by atoms with E-state index in [1.807, 2.05) is 6.07 Å². The third-order valence-electron chi connectivity index (χ3n) is 5.49. The number of nitrogens with one attached hydrogen (secondary N) is 2. The summed E-state index contributed by atoms with van der Waals surface area (Å²) >= 11 is 0. The molecule has 0 saturated heterocycles. The normalized spacial score (nSPS) is 14.8. The second-order valence-electron chi connectivity index (χ2n) is 7.25. The minimum atomic E-state index is -0.643. The number of rotatable bonds is 4. The number of nitrogens with zero attached hydrogens (tertiary/aromatic N) is 5. The van der Waals surface area contributed by atoms with Crippen molar-refractivity contribution in [1.82, 2.24) is 25.1 Å². The molecule has 1 saturated carbocycles. The largest absolute Gasteiger partial charge is 0.343 e. The van der Waals surface area contributed by atoms with Crippen LogP contribution in [0.4, 0.5) is 14.7 Å². The molecule has 2 N–H and O–H groups in total. The Morgan fingerprint density at radius 3 is 2.57 bits per heavy atom. The van der Waals surface area contributed by atoms with Crippen LogP contribution in [-0.4, -0.2) is 25.1 Å². The summed E-state index contributed by atoms with van der Waals surface area (Å²) in [4.78, 5) is 12.8. The van der Waals surface area contributed by atoms with Crippen molar-refractivity contribution in [2.75, 3.05) is 5.32 Å². The molecular weight excluding hydrogens is 388 g/mol. The van der Waals surface area contributed by atoms with E-state index in [1.165, 1.54) is 24.5 Å². The summed E-state index contributed by atoms with van der Waals surface area (Å²) in [5, 5.41) is 19.4. The van der Waals surface area contributed by atoms with E-state index in [9.17, 15) is 8.78 Å². The molecule has 0 bridgehead atoms. The van der Waals surface area contributed by atoms with Crippen molar-refractivity contribution < 1.29 is 8.78 Å². The molecule has 7 nitrogen and oxygen atoms in total. The Balaban J connectivity index is 1.47. The van der Waals surface area contributed by atoms with E-state index >= 15 is 0 Å². The van der Waals surface area contributed by atoms with Crippen LogP contribution >= 0.6 is 0 Å². The van der Waals surface area contributed by atoms with Gasteiger partial charge < -0.3 is 5.32 Å². The monoisotopic (exact) mass is 403 g/mol. The summed E-state index contributed by atoms with van der Waals surface area (Å²) in [6, 6.07) is 7.76. The van der Waals surface area contributed by atoms with Gasteiger partial charge in [-0.3, -0.25) is 10.1 Å². The van der Waals surface area contributed by atoms with Crippen LogP contribution in [0.3, 0.4) is 0 Å². The van der Waals surface area contributed by atoms with E-state index in [1.54, 1.807) is 18.3 Å². The molecule has 3 aromatic heterocycles. The summed E-state index contributed by atoms with van der Waals surface area (Å²) < 4.78 is 28.9. The molecule has 1 aliphatic carbocycles. The number of fused-ring (bicyclic) bond motifs is 1. The maximum absolute atomic E-state index is 14.6. The zero-order valence-corrected chi connectivity index (χ0v) is 15.7. The van der Waals surface area contributed by atoms with Crippen LogP contribution in [0.2, 0.25) is 0 Å². The summed E-state index contributed by atoms with van der Waals surface area (Å²) in [6.45, 7) is 0. The second kappa shape index (κ2) is 6.84. The lowest BCUT2D eigenvalue weighted by Gasteiger charge is -2.42. The molecule has 0 spiro atoms. The van der Waals surface area contributed by atoms with Crippen LogP contribution in [0, 0.1) is 23.0 Å². The first-order chi connectivity index (χ1) is 14.6. The molecular formula is C21H15F2N7. The number of pyridine rings is 1. The van der Waals surface area contributed by atoms with Gasteiger partial charge in [0.2, 0.25) is 5.95 Å². The molecule has 30 heavy (non-hydrogen) atoms. The Bertz CT molecular complexity index is 1290. The maximum atomic E-state index is 14.6. The highest BCUT2D eigenvalue weighted by atomic mass is 19.1. The second-order valence-corrected chi connectivity index (χ2v) is 7.25. The Kier molecular flexibility index (Phi) is 4.13. The number of aromatic amines is 1.